The van der Waals surface area contributed by atoms with E-state index in [1.54, 1.807) is 0 Å². The molecule has 0 aliphatic heterocycles. The largest absolute Gasteiger partial charge is 0.478 e. The van der Waals surface area contributed by atoms with Crippen LogP contribution >= 0.6 is 0 Å². The lowest BCUT2D eigenvalue weighted by Crippen LogP contribution is -2.38. The van der Waals surface area contributed by atoms with Gasteiger partial charge in [0.2, 0.25) is 0 Å². The van der Waals surface area contributed by atoms with E-state index in [9.17, 15) is 18.0 Å². The van der Waals surface area contributed by atoms with Crippen molar-refractivity contribution in [3.8, 4) is 0 Å². The summed E-state index contributed by atoms with van der Waals surface area (Å²) in [5.41, 5.74) is 4.26. The van der Waals surface area contributed by atoms with E-state index in [2.05, 4.69) is 121 Å². The second kappa shape index (κ2) is 17.1. The monoisotopic (exact) mass is 670 g/mol. The van der Waals surface area contributed by atoms with Gasteiger partial charge in [-0.25, -0.2) is 14.1 Å². The molecule has 5 aromatic rings. The Morgan fingerprint density at radius 1 is 0.625 bits per heavy atom. The van der Waals surface area contributed by atoms with E-state index in [4.69, 9.17) is 24.2 Å². The minimum absolute atomic E-state index is 0.01000. The van der Waals surface area contributed by atoms with Crippen LogP contribution in [0.15, 0.2) is 144 Å². The average Bonchev–Trinajstić information content (AvgIpc) is 3.11. The molecule has 0 fully saturated rings. The van der Waals surface area contributed by atoms with Gasteiger partial charge in [-0.05, 0) is 54.6 Å². The molecule has 0 radical (unpaired) electrons. The van der Waals surface area contributed by atoms with Gasteiger partial charge >= 0.3 is 11.9 Å². The maximum atomic E-state index is 11.7. The number of aliphatic hydroxyl groups is 1. The van der Waals surface area contributed by atoms with Crippen molar-refractivity contribution >= 4 is 39.1 Å². The predicted molar refractivity (Wildman–Crippen MR) is 182 cm³/mol. The summed E-state index contributed by atoms with van der Waals surface area (Å²) in [5.74, 6) is -2.44. The van der Waals surface area contributed by atoms with Crippen molar-refractivity contribution in [3.63, 3.8) is 0 Å². The Bertz CT molecular complexity index is 1770. The molecule has 0 saturated heterocycles. The molecule has 0 aliphatic carbocycles. The van der Waals surface area contributed by atoms with Crippen LogP contribution in [0.3, 0.4) is 0 Å². The number of nitrogens with zero attached hydrogens (tertiary/aromatic N) is 1. The Hall–Kier alpha value is -5.17. The highest BCUT2D eigenvalue weighted by Crippen LogP contribution is 2.45. The summed E-state index contributed by atoms with van der Waals surface area (Å²) < 4.78 is 41.4. The van der Waals surface area contributed by atoms with E-state index in [1.165, 1.54) is 22.6 Å². The van der Waals surface area contributed by atoms with Gasteiger partial charge in [0.1, 0.15) is 30.2 Å². The first-order valence-electron chi connectivity index (χ1n) is 15.0. The number of carbonyl (C=O) groups is 2. The third-order valence-corrected chi connectivity index (χ3v) is 8.07. The number of carboxylic acids is 1. The maximum Gasteiger partial charge on any atom is 0.338 e. The van der Waals surface area contributed by atoms with Crippen LogP contribution in [0, 0.1) is 0 Å². The second-order valence-electron chi connectivity index (χ2n) is 10.5. The zero-order valence-electron chi connectivity index (χ0n) is 26.0. The van der Waals surface area contributed by atoms with Gasteiger partial charge in [-0.15, -0.1) is 0 Å². The number of hydrogen-bond donors (Lipinski definition) is 3. The minimum atomic E-state index is -4.67. The van der Waals surface area contributed by atoms with Crippen LogP contribution in [0.2, 0.25) is 0 Å². The van der Waals surface area contributed by atoms with E-state index in [1.807, 2.05) is 0 Å². The topological polar surface area (TPSA) is 147 Å². The van der Waals surface area contributed by atoms with Gasteiger partial charge in [-0.1, -0.05) is 84.9 Å². The highest BCUT2D eigenvalue weighted by Gasteiger charge is 2.36. The lowest BCUT2D eigenvalue weighted by atomic mass is 10.1. The first-order chi connectivity index (χ1) is 23.1. The molecule has 0 bridgehead atoms. The third-order valence-electron chi connectivity index (χ3n) is 7.24. The smallest absolute Gasteiger partial charge is 0.338 e. The number of carboxylic acid groups (broad SMARTS) is 1. The molecule has 0 spiro atoms. The first kappa shape index (κ1) is 35.7. The Kier molecular flexibility index (Phi) is 12.7. The summed E-state index contributed by atoms with van der Waals surface area (Å²) in [5, 5.41) is 17.4. The molecule has 0 aromatic heterocycles. The van der Waals surface area contributed by atoms with Gasteiger partial charge in [-0.3, -0.25) is 4.55 Å². The average molecular weight is 671 g/mol. The molecule has 248 valence electrons. The Labute approximate surface area is 279 Å². The number of quaternary nitrogens is 1. The molecule has 0 heterocycles. The van der Waals surface area contributed by atoms with Gasteiger partial charge in [-0.2, -0.15) is 8.42 Å². The van der Waals surface area contributed by atoms with Crippen LogP contribution in [-0.2, 0) is 26.1 Å². The summed E-state index contributed by atoms with van der Waals surface area (Å²) in [6.07, 6.45) is 0. The van der Waals surface area contributed by atoms with Crippen molar-refractivity contribution in [2.45, 2.75) is 11.4 Å². The molecule has 10 nitrogen and oxygen atoms in total. The normalized spacial score (nSPS) is 11.2. The molecule has 0 amide bonds. The lowest BCUT2D eigenvalue weighted by molar-refractivity contribution is 0.0258. The Morgan fingerprint density at radius 2 is 1.08 bits per heavy atom. The molecule has 0 saturated carbocycles. The molecular formula is C37H36NO9S+. The van der Waals surface area contributed by atoms with Gasteiger partial charge in [0, 0.05) is 5.56 Å². The number of ether oxygens (including phenoxy) is 2. The number of rotatable bonds is 13. The van der Waals surface area contributed by atoms with Crippen molar-refractivity contribution in [2.75, 3.05) is 26.4 Å². The molecule has 0 unspecified atom stereocenters. The van der Waals surface area contributed by atoms with Crippen molar-refractivity contribution in [2.24, 2.45) is 0 Å². The SMILES string of the molecule is O=C(O)c1cc(C(=O)OCCOCCO)cc(S(=O)(=O)O)c1.c1ccc(C[N+](c2ccccc2)(c2ccccc2)c2ccccc2)cc1. The van der Waals surface area contributed by atoms with Crippen LogP contribution in [0.1, 0.15) is 26.3 Å². The summed E-state index contributed by atoms with van der Waals surface area (Å²) in [6, 6.07) is 45.5. The molecule has 11 heteroatoms. The van der Waals surface area contributed by atoms with E-state index < -0.39 is 32.5 Å². The number of aromatic carboxylic acids is 1. The zero-order valence-corrected chi connectivity index (χ0v) is 26.8. The zero-order chi connectivity index (χ0) is 34.4. The fourth-order valence-electron chi connectivity index (χ4n) is 5.06. The van der Waals surface area contributed by atoms with Gasteiger partial charge < -0.3 is 19.7 Å². The quantitative estimate of drug-likeness (QED) is 0.0542. The summed E-state index contributed by atoms with van der Waals surface area (Å²) in [7, 11) is -4.67. The van der Waals surface area contributed by atoms with Crippen LogP contribution in [0.5, 0.6) is 0 Å². The van der Waals surface area contributed by atoms with Crippen molar-refractivity contribution < 1.29 is 42.2 Å². The summed E-state index contributed by atoms with van der Waals surface area (Å²) in [4.78, 5) is 21.9. The van der Waals surface area contributed by atoms with Crippen LogP contribution < -0.4 is 4.48 Å². The number of hydrogen-bond acceptors (Lipinski definition) is 7. The van der Waals surface area contributed by atoms with E-state index in [0.29, 0.717) is 4.48 Å². The van der Waals surface area contributed by atoms with Crippen molar-refractivity contribution in [3.05, 3.63) is 156 Å². The van der Waals surface area contributed by atoms with Crippen molar-refractivity contribution in [1.29, 1.82) is 0 Å². The standard InChI is InChI=1S/C25H22N.C12H14O9S/c1-5-13-22(14-6-1)21-26(23-15-7-2-8-16-23,24-17-9-3-10-18-24)25-19-11-4-12-20-25;13-1-2-20-3-4-21-12(16)9-5-8(11(14)15)6-10(7-9)22(17,18)19/h1-20H,21H2;5-7,13H,1-4H2,(H,14,15)(H,17,18,19)/q+1;. The molecular weight excluding hydrogens is 634 g/mol. The third kappa shape index (κ3) is 9.44. The first-order valence-corrected chi connectivity index (χ1v) is 16.4. The Balaban J connectivity index is 0.000000221. The van der Waals surface area contributed by atoms with Gasteiger partial charge in [0.15, 0.2) is 0 Å². The molecule has 3 N–H and O–H groups in total. The molecule has 0 aliphatic rings. The van der Waals surface area contributed by atoms with Crippen molar-refractivity contribution in [1.82, 2.24) is 4.48 Å². The van der Waals surface area contributed by atoms with Gasteiger partial charge in [0.05, 0.1) is 35.8 Å². The maximum absolute atomic E-state index is 11.7. The number of para-hydroxylation sites is 3. The van der Waals surface area contributed by atoms with Crippen LogP contribution in [0.4, 0.5) is 17.1 Å². The summed E-state index contributed by atoms with van der Waals surface area (Å²) in [6.45, 7) is 0.581. The van der Waals surface area contributed by atoms with E-state index in [0.717, 1.165) is 24.7 Å². The van der Waals surface area contributed by atoms with Crippen LogP contribution in [0.25, 0.3) is 0 Å². The number of esters is 1. The van der Waals surface area contributed by atoms with E-state index >= 15 is 0 Å². The summed E-state index contributed by atoms with van der Waals surface area (Å²) >= 11 is 0. The fraction of sp³-hybridized carbons (Fsp3) is 0.135. The highest BCUT2D eigenvalue weighted by molar-refractivity contribution is 7.85. The fourth-order valence-corrected chi connectivity index (χ4v) is 5.61. The van der Waals surface area contributed by atoms with Crippen LogP contribution in [-0.4, -0.2) is 61.5 Å². The number of benzene rings is 5. The van der Waals surface area contributed by atoms with Gasteiger partial charge in [0.25, 0.3) is 10.1 Å². The minimum Gasteiger partial charge on any atom is -0.478 e. The molecule has 0 atom stereocenters. The Morgan fingerprint density at radius 3 is 1.52 bits per heavy atom. The number of aliphatic hydroxyl groups excluding tert-OH is 1. The predicted octanol–water partition coefficient (Wildman–Crippen LogP) is 6.65. The highest BCUT2D eigenvalue weighted by atomic mass is 32.2. The van der Waals surface area contributed by atoms with E-state index in [-0.39, 0.29) is 32.0 Å². The molecule has 48 heavy (non-hydrogen) atoms. The second-order valence-corrected chi connectivity index (χ2v) is 11.9. The molecule has 5 aromatic carbocycles. The molecule has 5 rings (SSSR count). The number of carbonyl (C=O) groups excluding carboxylic acids is 1. The lowest BCUT2D eigenvalue weighted by Gasteiger charge is -2.37.